The van der Waals surface area contributed by atoms with Gasteiger partial charge in [0.15, 0.2) is 11.6 Å². The fourth-order valence-corrected chi connectivity index (χ4v) is 6.21. The minimum Gasteiger partial charge on any atom is -0.477 e. The van der Waals surface area contributed by atoms with Crippen LogP contribution >= 0.6 is 0 Å². The number of aromatic carboxylic acids is 1. The minimum absolute atomic E-state index is 0.00253. The van der Waals surface area contributed by atoms with Crippen molar-refractivity contribution in [3.05, 3.63) is 64.6 Å². The topological polar surface area (TPSA) is 158 Å². The van der Waals surface area contributed by atoms with Gasteiger partial charge in [0.2, 0.25) is 17.7 Å². The number of rotatable bonds is 9. The Labute approximate surface area is 238 Å². The van der Waals surface area contributed by atoms with Crippen molar-refractivity contribution < 1.29 is 37.5 Å². The molecule has 3 amide bonds. The molecule has 6 N–H and O–H groups in total. The van der Waals surface area contributed by atoms with Crippen LogP contribution in [0, 0.1) is 23.4 Å². The predicted molar refractivity (Wildman–Crippen MR) is 146 cm³/mol. The Kier molecular flexibility index (Phi) is 7.48. The standard InChI is InChI=1S/C29H30F3N5O5/c1-13(2)9-19(34-8-7-14-21-16(30)10-17(31)22(32)24(21)36-23(14)27(40)41)26(39)37-12-29(11-20(37)25(33)38)15-5-3-4-6-18(15)35-28(29)42/h3-6,10,13,19-20,34,36H,7-9,11-12H2,1-2H3,(H2,33,38)(H,35,42)(H,40,41)/t19-,20-,29-/m0/s1. The number of halogens is 3. The number of amides is 3. The third-order valence-electron chi connectivity index (χ3n) is 8.11. The van der Waals surface area contributed by atoms with Gasteiger partial charge in [-0.1, -0.05) is 32.0 Å². The summed E-state index contributed by atoms with van der Waals surface area (Å²) < 4.78 is 42.8. The highest BCUT2D eigenvalue weighted by Crippen LogP contribution is 2.46. The SMILES string of the molecule is CC(C)C[C@H](NCCc1c(C(=O)O)[nH]c2c(F)c(F)cc(F)c12)C(=O)N1C[C@]2(C[C@H]1C(N)=O)C(=O)Nc1ccccc12. The summed E-state index contributed by atoms with van der Waals surface area (Å²) in [7, 11) is 0. The van der Waals surface area contributed by atoms with Gasteiger partial charge in [-0.25, -0.2) is 18.0 Å². The number of carbonyl (C=O) groups excluding carboxylic acids is 3. The zero-order valence-corrected chi connectivity index (χ0v) is 22.9. The fraction of sp³-hybridized carbons (Fsp3) is 0.379. The molecular weight excluding hydrogens is 555 g/mol. The van der Waals surface area contributed by atoms with E-state index in [1.165, 1.54) is 4.90 Å². The van der Waals surface area contributed by atoms with Crippen molar-refractivity contribution >= 4 is 40.3 Å². The molecule has 2 aromatic carbocycles. The number of likely N-dealkylation sites (tertiary alicyclic amines) is 1. The summed E-state index contributed by atoms with van der Waals surface area (Å²) in [5.74, 6) is -7.03. The number of anilines is 1. The first-order valence-corrected chi connectivity index (χ1v) is 13.5. The van der Waals surface area contributed by atoms with Crippen LogP contribution < -0.4 is 16.4 Å². The number of nitrogens with zero attached hydrogens (tertiary/aromatic N) is 1. The monoisotopic (exact) mass is 585 g/mol. The van der Waals surface area contributed by atoms with E-state index in [2.05, 4.69) is 15.6 Å². The molecule has 0 aliphatic carbocycles. The average molecular weight is 586 g/mol. The van der Waals surface area contributed by atoms with Crippen molar-refractivity contribution in [1.29, 1.82) is 0 Å². The second kappa shape index (κ2) is 10.8. The molecule has 0 bridgehead atoms. The van der Waals surface area contributed by atoms with Crippen molar-refractivity contribution in [2.75, 3.05) is 18.4 Å². The van der Waals surface area contributed by atoms with Crippen LogP contribution in [0.1, 0.15) is 48.3 Å². The lowest BCUT2D eigenvalue weighted by molar-refractivity contribution is -0.139. The quantitative estimate of drug-likeness (QED) is 0.243. The van der Waals surface area contributed by atoms with E-state index in [4.69, 9.17) is 5.73 Å². The van der Waals surface area contributed by atoms with Gasteiger partial charge in [-0.05, 0) is 42.4 Å². The molecule has 3 atom stereocenters. The van der Waals surface area contributed by atoms with Crippen molar-refractivity contribution in [2.24, 2.45) is 11.7 Å². The van der Waals surface area contributed by atoms with Crippen LogP contribution in [0.3, 0.4) is 0 Å². The van der Waals surface area contributed by atoms with Crippen LogP contribution in [0.5, 0.6) is 0 Å². The molecule has 13 heteroatoms. The molecule has 0 saturated carbocycles. The summed E-state index contributed by atoms with van der Waals surface area (Å²) in [6.45, 7) is 3.65. The lowest BCUT2D eigenvalue weighted by atomic mass is 9.79. The van der Waals surface area contributed by atoms with E-state index >= 15 is 0 Å². The van der Waals surface area contributed by atoms with Crippen LogP contribution in [0.15, 0.2) is 30.3 Å². The van der Waals surface area contributed by atoms with Gasteiger partial charge in [0.1, 0.15) is 17.6 Å². The summed E-state index contributed by atoms with van der Waals surface area (Å²) in [6, 6.07) is 5.48. The maximum absolute atomic E-state index is 14.7. The molecular formula is C29H30F3N5O5. The number of nitrogens with one attached hydrogen (secondary N) is 3. The Morgan fingerprint density at radius 3 is 2.57 bits per heavy atom. The number of carboxylic acids is 1. The normalized spacial score (nSPS) is 20.4. The number of hydrogen-bond donors (Lipinski definition) is 5. The highest BCUT2D eigenvalue weighted by Gasteiger charge is 2.57. The lowest BCUT2D eigenvalue weighted by Gasteiger charge is -2.29. The summed E-state index contributed by atoms with van der Waals surface area (Å²) >= 11 is 0. The third kappa shape index (κ3) is 4.77. The molecule has 1 aromatic heterocycles. The van der Waals surface area contributed by atoms with Crippen molar-refractivity contribution in [1.82, 2.24) is 15.2 Å². The molecule has 0 unspecified atom stereocenters. The number of fused-ring (bicyclic) bond motifs is 3. The van der Waals surface area contributed by atoms with Crippen LogP contribution in [-0.2, 0) is 26.2 Å². The third-order valence-corrected chi connectivity index (χ3v) is 8.11. The number of aromatic amines is 1. The van der Waals surface area contributed by atoms with Gasteiger partial charge in [0.25, 0.3) is 0 Å². The molecule has 2 aliphatic heterocycles. The van der Waals surface area contributed by atoms with Gasteiger partial charge in [-0.2, -0.15) is 0 Å². The largest absolute Gasteiger partial charge is 0.477 e. The zero-order chi connectivity index (χ0) is 30.5. The lowest BCUT2D eigenvalue weighted by Crippen LogP contribution is -2.52. The molecule has 42 heavy (non-hydrogen) atoms. The smallest absolute Gasteiger partial charge is 0.352 e. The molecule has 222 valence electrons. The van der Waals surface area contributed by atoms with E-state index in [-0.39, 0.29) is 48.7 Å². The number of carbonyl (C=O) groups is 4. The summed E-state index contributed by atoms with van der Waals surface area (Å²) in [6.07, 6.45) is 0.180. The number of hydrogen-bond acceptors (Lipinski definition) is 5. The first-order valence-electron chi connectivity index (χ1n) is 13.5. The van der Waals surface area contributed by atoms with E-state index in [9.17, 15) is 37.5 Å². The average Bonchev–Trinajstić information content (AvgIpc) is 3.59. The molecule has 3 aromatic rings. The van der Waals surface area contributed by atoms with Gasteiger partial charge in [0, 0.05) is 30.2 Å². The van der Waals surface area contributed by atoms with E-state index in [1.54, 1.807) is 24.3 Å². The number of H-pyrrole nitrogens is 1. The van der Waals surface area contributed by atoms with Crippen LogP contribution in [0.4, 0.5) is 18.9 Å². The van der Waals surface area contributed by atoms with E-state index in [0.29, 0.717) is 23.7 Å². The van der Waals surface area contributed by atoms with Crippen molar-refractivity contribution in [3.8, 4) is 0 Å². The predicted octanol–water partition coefficient (Wildman–Crippen LogP) is 2.81. The highest BCUT2D eigenvalue weighted by atomic mass is 19.2. The fourth-order valence-electron chi connectivity index (χ4n) is 6.21. The number of para-hydroxylation sites is 1. The number of aromatic nitrogens is 1. The number of benzene rings is 2. The number of nitrogens with two attached hydrogens (primary N) is 1. The second-order valence-corrected chi connectivity index (χ2v) is 11.2. The van der Waals surface area contributed by atoms with E-state index in [1.807, 2.05) is 13.8 Å². The molecule has 10 nitrogen and oxygen atoms in total. The molecule has 1 fully saturated rings. The second-order valence-electron chi connectivity index (χ2n) is 11.2. The zero-order valence-electron chi connectivity index (χ0n) is 22.9. The number of carboxylic acid groups (broad SMARTS) is 1. The summed E-state index contributed by atoms with van der Waals surface area (Å²) in [4.78, 5) is 55.0. The Bertz CT molecular complexity index is 1620. The van der Waals surface area contributed by atoms with Gasteiger partial charge in [-0.3, -0.25) is 14.4 Å². The molecule has 1 saturated heterocycles. The van der Waals surface area contributed by atoms with Gasteiger partial charge in [0.05, 0.1) is 17.0 Å². The maximum Gasteiger partial charge on any atom is 0.352 e. The van der Waals surface area contributed by atoms with E-state index in [0.717, 1.165) is 0 Å². The Balaban J connectivity index is 1.41. The Hall–Kier alpha value is -4.39. The molecule has 0 radical (unpaired) electrons. The van der Waals surface area contributed by atoms with Crippen LogP contribution in [0.25, 0.3) is 10.9 Å². The minimum atomic E-state index is -1.49. The molecule has 3 heterocycles. The van der Waals surface area contributed by atoms with Gasteiger partial charge < -0.3 is 31.4 Å². The summed E-state index contributed by atoms with van der Waals surface area (Å²) in [5, 5.41) is 15.1. The first-order chi connectivity index (χ1) is 19.9. The van der Waals surface area contributed by atoms with Crippen LogP contribution in [0.2, 0.25) is 0 Å². The van der Waals surface area contributed by atoms with Crippen molar-refractivity contribution in [2.45, 2.75) is 50.6 Å². The van der Waals surface area contributed by atoms with Crippen LogP contribution in [-0.4, -0.2) is 63.9 Å². The highest BCUT2D eigenvalue weighted by molar-refractivity contribution is 6.08. The molecule has 2 aliphatic rings. The van der Waals surface area contributed by atoms with Gasteiger partial charge in [-0.15, -0.1) is 0 Å². The first kappa shape index (κ1) is 29.1. The Morgan fingerprint density at radius 1 is 1.19 bits per heavy atom. The van der Waals surface area contributed by atoms with Gasteiger partial charge >= 0.3 is 5.97 Å². The Morgan fingerprint density at radius 2 is 1.90 bits per heavy atom. The molecule has 1 spiro atoms. The molecule has 5 rings (SSSR count). The van der Waals surface area contributed by atoms with E-state index < -0.39 is 63.9 Å². The maximum atomic E-state index is 14.7. The summed E-state index contributed by atoms with van der Waals surface area (Å²) in [5.41, 5.74) is 4.65. The number of primary amides is 1. The van der Waals surface area contributed by atoms with Crippen molar-refractivity contribution in [3.63, 3.8) is 0 Å².